The van der Waals surface area contributed by atoms with Crippen LogP contribution in [0.25, 0.3) is 21.8 Å². The first kappa shape index (κ1) is 30.9. The highest BCUT2D eigenvalue weighted by molar-refractivity contribution is 7.89. The standard InChI is InChI=1S/C17H25N3O2S.C15H19N5/c1-18-23(21,22)10-7-13-3-4-17-15(11-13)16(12-19-17)14-5-8-20(2)9-6-14;1-19(2)6-5-13-8-17-15-4-3-12(7-14(13)15)9-20-11-16-10-18-20/h3-4,11-12,14,18-19H,5-10H2,1-2H3;3-4,7-8,10-11,17H,5-6,9H2,1-2H3. The summed E-state index contributed by atoms with van der Waals surface area (Å²) in [5, 5.41) is 6.71. The van der Waals surface area contributed by atoms with Gasteiger partial charge in [-0.15, -0.1) is 0 Å². The van der Waals surface area contributed by atoms with Crippen LogP contribution in [0, 0.1) is 0 Å². The molecule has 2 aromatic carbocycles. The van der Waals surface area contributed by atoms with E-state index in [9.17, 15) is 8.42 Å². The van der Waals surface area contributed by atoms with Crippen LogP contribution in [0.15, 0.2) is 61.4 Å². The summed E-state index contributed by atoms with van der Waals surface area (Å²) >= 11 is 0. The molecule has 230 valence electrons. The number of H-pyrrole nitrogens is 2. The maximum absolute atomic E-state index is 11.6. The third-order valence-corrected chi connectivity index (χ3v) is 9.74. The van der Waals surface area contributed by atoms with E-state index in [1.54, 1.807) is 12.7 Å². The van der Waals surface area contributed by atoms with Crippen molar-refractivity contribution in [3.8, 4) is 0 Å². The van der Waals surface area contributed by atoms with Gasteiger partial charge in [0.05, 0.1) is 12.3 Å². The Labute approximate surface area is 254 Å². The number of nitrogens with one attached hydrogen (secondary N) is 3. The number of sulfonamides is 1. The highest BCUT2D eigenvalue weighted by Gasteiger charge is 2.21. The smallest absolute Gasteiger partial charge is 0.211 e. The van der Waals surface area contributed by atoms with E-state index < -0.39 is 10.0 Å². The van der Waals surface area contributed by atoms with Crippen molar-refractivity contribution in [3.05, 3.63) is 83.7 Å². The molecule has 10 nitrogen and oxygen atoms in total. The second kappa shape index (κ2) is 13.9. The van der Waals surface area contributed by atoms with Gasteiger partial charge >= 0.3 is 0 Å². The zero-order valence-corrected chi connectivity index (χ0v) is 26.5. The van der Waals surface area contributed by atoms with E-state index in [4.69, 9.17) is 0 Å². The molecular formula is C32H44N8O2S. The van der Waals surface area contributed by atoms with Crippen LogP contribution in [0.4, 0.5) is 0 Å². The Morgan fingerprint density at radius 1 is 0.977 bits per heavy atom. The highest BCUT2D eigenvalue weighted by Crippen LogP contribution is 2.33. The molecule has 1 aliphatic rings. The number of aryl methyl sites for hydroxylation is 1. The van der Waals surface area contributed by atoms with E-state index in [-0.39, 0.29) is 5.75 Å². The number of likely N-dealkylation sites (tertiary alicyclic amines) is 1. The Bertz CT molecular complexity index is 1710. The molecule has 3 N–H and O–H groups in total. The lowest BCUT2D eigenvalue weighted by Gasteiger charge is -2.28. The number of benzene rings is 2. The van der Waals surface area contributed by atoms with Crippen molar-refractivity contribution in [3.63, 3.8) is 0 Å². The minimum atomic E-state index is -3.16. The van der Waals surface area contributed by atoms with Gasteiger partial charge in [0.15, 0.2) is 0 Å². The van der Waals surface area contributed by atoms with Crippen molar-refractivity contribution < 1.29 is 8.42 Å². The normalized spacial score (nSPS) is 14.9. The monoisotopic (exact) mass is 604 g/mol. The summed E-state index contributed by atoms with van der Waals surface area (Å²) in [6.07, 6.45) is 11.5. The van der Waals surface area contributed by atoms with Crippen LogP contribution in [0.5, 0.6) is 0 Å². The zero-order valence-electron chi connectivity index (χ0n) is 25.7. The lowest BCUT2D eigenvalue weighted by atomic mass is 9.89. The summed E-state index contributed by atoms with van der Waals surface area (Å²) in [5.41, 5.74) is 7.40. The number of aromatic nitrogens is 5. The fraction of sp³-hybridized carbons (Fsp3) is 0.438. The molecular weight excluding hydrogens is 560 g/mol. The molecule has 0 bridgehead atoms. The highest BCUT2D eigenvalue weighted by atomic mass is 32.2. The second-order valence-electron chi connectivity index (χ2n) is 11.8. The number of fused-ring (bicyclic) bond motifs is 2. The molecule has 3 aromatic heterocycles. The summed E-state index contributed by atoms with van der Waals surface area (Å²) in [6, 6.07) is 12.8. The quantitative estimate of drug-likeness (QED) is 0.222. The van der Waals surface area contributed by atoms with Gasteiger partial charge in [-0.25, -0.2) is 22.8 Å². The average molecular weight is 605 g/mol. The van der Waals surface area contributed by atoms with Gasteiger partial charge in [-0.1, -0.05) is 12.1 Å². The molecule has 0 atom stereocenters. The van der Waals surface area contributed by atoms with E-state index in [2.05, 4.69) is 98.4 Å². The number of aromatic amines is 2. The van der Waals surface area contributed by atoms with E-state index in [1.807, 2.05) is 10.7 Å². The van der Waals surface area contributed by atoms with Crippen molar-refractivity contribution >= 4 is 31.8 Å². The van der Waals surface area contributed by atoms with Crippen LogP contribution in [-0.4, -0.2) is 96.5 Å². The number of piperidine rings is 1. The SMILES string of the molecule is CN(C)CCc1c[nH]c2ccc(Cn3cncn3)cc12.CNS(=O)(=O)CCc1ccc2[nH]cc(C3CCN(C)CC3)c2c1. The molecule has 43 heavy (non-hydrogen) atoms. The molecule has 1 fully saturated rings. The first-order chi connectivity index (χ1) is 20.7. The minimum absolute atomic E-state index is 0.128. The van der Waals surface area contributed by atoms with E-state index in [0.717, 1.165) is 43.7 Å². The van der Waals surface area contributed by atoms with Gasteiger partial charge in [-0.2, -0.15) is 5.10 Å². The Balaban J connectivity index is 0.000000173. The summed E-state index contributed by atoms with van der Waals surface area (Å²) in [6.45, 7) is 4.09. The van der Waals surface area contributed by atoms with Crippen LogP contribution in [-0.2, 0) is 29.4 Å². The van der Waals surface area contributed by atoms with E-state index >= 15 is 0 Å². The van der Waals surface area contributed by atoms with Crippen LogP contribution >= 0.6 is 0 Å². The van der Waals surface area contributed by atoms with Crippen molar-refractivity contribution in [2.75, 3.05) is 53.6 Å². The lowest BCUT2D eigenvalue weighted by molar-refractivity contribution is 0.256. The van der Waals surface area contributed by atoms with Crippen LogP contribution < -0.4 is 4.72 Å². The maximum atomic E-state index is 11.6. The summed E-state index contributed by atoms with van der Waals surface area (Å²) in [5.74, 6) is 0.722. The third-order valence-electron chi connectivity index (χ3n) is 8.38. The third kappa shape index (κ3) is 8.11. The van der Waals surface area contributed by atoms with Crippen molar-refractivity contribution in [1.29, 1.82) is 0 Å². The van der Waals surface area contributed by atoms with Crippen molar-refractivity contribution in [1.82, 2.24) is 39.3 Å². The topological polar surface area (TPSA) is 115 Å². The minimum Gasteiger partial charge on any atom is -0.361 e. The summed E-state index contributed by atoms with van der Waals surface area (Å²) in [4.78, 5) is 15.3. The molecule has 0 aliphatic carbocycles. The van der Waals surface area contributed by atoms with Crippen LogP contribution in [0.1, 0.15) is 41.0 Å². The van der Waals surface area contributed by atoms with Gasteiger partial charge in [0, 0.05) is 40.7 Å². The predicted molar refractivity (Wildman–Crippen MR) is 174 cm³/mol. The van der Waals surface area contributed by atoms with Gasteiger partial charge in [0.25, 0.3) is 0 Å². The molecule has 6 rings (SSSR count). The number of nitrogens with zero attached hydrogens (tertiary/aromatic N) is 5. The van der Waals surface area contributed by atoms with Gasteiger partial charge in [-0.05, 0) is 119 Å². The second-order valence-corrected chi connectivity index (χ2v) is 13.9. The summed E-state index contributed by atoms with van der Waals surface area (Å²) < 4.78 is 27.4. The van der Waals surface area contributed by atoms with Crippen LogP contribution in [0.2, 0.25) is 0 Å². The molecule has 0 saturated carbocycles. The molecule has 0 unspecified atom stereocenters. The molecule has 0 amide bonds. The zero-order chi connectivity index (χ0) is 30.4. The Morgan fingerprint density at radius 2 is 1.67 bits per heavy atom. The van der Waals surface area contributed by atoms with Gasteiger partial charge in [0.2, 0.25) is 10.0 Å². The number of likely N-dealkylation sites (N-methyl/N-ethyl adjacent to an activating group) is 1. The summed E-state index contributed by atoms with van der Waals surface area (Å²) in [7, 11) is 4.68. The predicted octanol–water partition coefficient (Wildman–Crippen LogP) is 3.98. The Kier molecular flexibility index (Phi) is 9.97. The van der Waals surface area contributed by atoms with E-state index in [0.29, 0.717) is 12.3 Å². The van der Waals surface area contributed by atoms with Gasteiger partial charge in [-0.3, -0.25) is 0 Å². The first-order valence-electron chi connectivity index (χ1n) is 15.0. The van der Waals surface area contributed by atoms with Crippen molar-refractivity contribution in [2.45, 2.75) is 38.1 Å². The van der Waals surface area contributed by atoms with Crippen LogP contribution in [0.3, 0.4) is 0 Å². The average Bonchev–Trinajstić information content (AvgIpc) is 3.76. The maximum Gasteiger partial charge on any atom is 0.211 e. The van der Waals surface area contributed by atoms with Crippen molar-refractivity contribution in [2.24, 2.45) is 0 Å². The van der Waals surface area contributed by atoms with E-state index in [1.165, 1.54) is 52.9 Å². The molecule has 1 saturated heterocycles. The molecule has 0 spiro atoms. The Morgan fingerprint density at radius 3 is 2.37 bits per heavy atom. The Hall–Kier alpha value is -3.51. The molecule has 0 radical (unpaired) electrons. The molecule has 1 aliphatic heterocycles. The van der Waals surface area contributed by atoms with Gasteiger partial charge < -0.3 is 19.8 Å². The number of rotatable bonds is 10. The largest absolute Gasteiger partial charge is 0.361 e. The fourth-order valence-corrected chi connectivity index (χ4v) is 6.44. The first-order valence-corrected chi connectivity index (χ1v) is 16.6. The van der Waals surface area contributed by atoms with Gasteiger partial charge in [0.1, 0.15) is 12.7 Å². The number of hydrogen-bond donors (Lipinski definition) is 3. The fourth-order valence-electron chi connectivity index (χ4n) is 5.73. The number of hydrogen-bond acceptors (Lipinski definition) is 6. The lowest BCUT2D eigenvalue weighted by Crippen LogP contribution is -2.29. The molecule has 11 heteroatoms. The molecule has 4 heterocycles. The molecule has 5 aromatic rings.